The van der Waals surface area contributed by atoms with Crippen LogP contribution in [0, 0.1) is 0 Å². The van der Waals surface area contributed by atoms with Crippen LogP contribution in [0.15, 0.2) is 109 Å². The summed E-state index contributed by atoms with van der Waals surface area (Å²) in [6.45, 7) is 1.10. The minimum Gasteiger partial charge on any atom is -0.394 e. The molecular weight excluding hydrogens is 750 g/mol. The Labute approximate surface area is 315 Å². The van der Waals surface area contributed by atoms with Crippen molar-refractivity contribution in [3.05, 3.63) is 120 Å². The number of fused-ring (bicyclic) bond motifs is 3. The molecule has 17 heteroatoms. The van der Waals surface area contributed by atoms with E-state index in [1.54, 1.807) is 78.9 Å². The SMILES string of the molecule is CC(OP(=O)(O)OC(C)C(COP(=O)(O)O)NC(=O)c1c2ccccc2nc2ccccc12)C(CO)NC(=O)c1cc(-c2ccccc2)nc2ccccc12. The van der Waals surface area contributed by atoms with E-state index >= 15 is 0 Å². The van der Waals surface area contributed by atoms with Crippen molar-refractivity contribution in [2.24, 2.45) is 0 Å². The molecule has 2 aromatic heterocycles. The summed E-state index contributed by atoms with van der Waals surface area (Å²) in [6.07, 6.45) is -2.76. The summed E-state index contributed by atoms with van der Waals surface area (Å²) in [4.78, 5) is 66.6. The number of aromatic nitrogens is 2. The predicted molar refractivity (Wildman–Crippen MR) is 205 cm³/mol. The lowest BCUT2D eigenvalue weighted by molar-refractivity contribution is 0.0364. The maximum Gasteiger partial charge on any atom is 0.472 e. The first kappa shape index (κ1) is 39.8. The van der Waals surface area contributed by atoms with E-state index in [1.165, 1.54) is 13.8 Å². The van der Waals surface area contributed by atoms with Gasteiger partial charge in [0.05, 0.1) is 70.9 Å². The molecular formula is C38H38N4O11P2. The average Bonchev–Trinajstić information content (AvgIpc) is 3.16. The number of pyridine rings is 2. The Morgan fingerprint density at radius 3 is 1.73 bits per heavy atom. The van der Waals surface area contributed by atoms with E-state index in [1.807, 2.05) is 30.3 Å². The number of carbonyl (C=O) groups excluding carboxylic acids is 2. The molecule has 5 atom stereocenters. The number of phosphoric ester groups is 2. The van der Waals surface area contributed by atoms with Gasteiger partial charge < -0.3 is 30.4 Å². The van der Waals surface area contributed by atoms with Gasteiger partial charge >= 0.3 is 15.6 Å². The first-order valence-electron chi connectivity index (χ1n) is 17.1. The highest BCUT2D eigenvalue weighted by molar-refractivity contribution is 7.47. The highest BCUT2D eigenvalue weighted by atomic mass is 31.2. The number of amides is 2. The lowest BCUT2D eigenvalue weighted by Crippen LogP contribution is -2.47. The quantitative estimate of drug-likeness (QED) is 0.0558. The summed E-state index contributed by atoms with van der Waals surface area (Å²) in [6, 6.07) is 29.1. The lowest BCUT2D eigenvalue weighted by Gasteiger charge is -2.29. The summed E-state index contributed by atoms with van der Waals surface area (Å²) in [5, 5.41) is 17.0. The molecule has 4 aromatic carbocycles. The molecule has 0 aliphatic heterocycles. The van der Waals surface area contributed by atoms with Crippen molar-refractivity contribution < 1.29 is 52.1 Å². The largest absolute Gasteiger partial charge is 0.472 e. The second kappa shape index (κ2) is 16.8. The average molecular weight is 789 g/mol. The zero-order valence-electron chi connectivity index (χ0n) is 29.6. The Kier molecular flexibility index (Phi) is 12.2. The molecule has 6 aromatic rings. The number of hydrogen-bond donors (Lipinski definition) is 6. The Hall–Kier alpha value is -4.92. The molecule has 2 amide bonds. The van der Waals surface area contributed by atoms with Crippen LogP contribution in [0.2, 0.25) is 0 Å². The van der Waals surface area contributed by atoms with E-state index in [-0.39, 0.29) is 11.1 Å². The third-order valence-corrected chi connectivity index (χ3v) is 10.5. The maximum atomic E-state index is 13.9. The molecule has 0 fully saturated rings. The topological polar surface area (TPSA) is 227 Å². The van der Waals surface area contributed by atoms with E-state index in [0.717, 1.165) is 5.56 Å². The molecule has 0 bridgehead atoms. The number of nitrogens with zero attached hydrogens (tertiary/aromatic N) is 2. The Morgan fingerprint density at radius 2 is 1.16 bits per heavy atom. The molecule has 6 rings (SSSR count). The second-order valence-electron chi connectivity index (χ2n) is 12.7. The van der Waals surface area contributed by atoms with Crippen molar-refractivity contribution in [3.8, 4) is 11.3 Å². The van der Waals surface area contributed by atoms with E-state index in [4.69, 9.17) is 13.6 Å². The fourth-order valence-corrected chi connectivity index (χ4v) is 7.61. The Balaban J connectivity index is 1.19. The molecule has 2 heterocycles. The van der Waals surface area contributed by atoms with Gasteiger partial charge in [0.2, 0.25) is 0 Å². The molecule has 286 valence electrons. The van der Waals surface area contributed by atoms with Crippen LogP contribution in [-0.4, -0.2) is 79.1 Å². The monoisotopic (exact) mass is 788 g/mol. The van der Waals surface area contributed by atoms with Crippen LogP contribution >= 0.6 is 15.6 Å². The number of phosphoric acid groups is 2. The van der Waals surface area contributed by atoms with Crippen LogP contribution < -0.4 is 10.6 Å². The number of nitrogens with one attached hydrogen (secondary N) is 2. The van der Waals surface area contributed by atoms with Crippen LogP contribution in [0.4, 0.5) is 0 Å². The highest BCUT2D eigenvalue weighted by Gasteiger charge is 2.36. The summed E-state index contributed by atoms with van der Waals surface area (Å²) < 4.78 is 40.5. The summed E-state index contributed by atoms with van der Waals surface area (Å²) >= 11 is 0. The van der Waals surface area contributed by atoms with Crippen molar-refractivity contribution in [3.63, 3.8) is 0 Å². The normalized spacial score (nSPS) is 15.2. The standard InChI is InChI=1S/C38H38N4O11P2/c1-23(34(21-43)41-37(44)29-20-33(25-12-4-3-5-13-25)40-30-17-9-6-14-26(29)30)52-55(49,50)53-24(2)35(22-51-54(46,47)48)42-38(45)36-27-15-7-10-18-31(27)39-32-19-11-8-16-28(32)36/h3-20,23-24,34-35,43H,21-22H2,1-2H3,(H,41,44)(H,42,45)(H,49,50)(H2,46,47,48). The van der Waals surface area contributed by atoms with Gasteiger partial charge in [0.1, 0.15) is 0 Å². The molecule has 55 heavy (non-hydrogen) atoms. The lowest BCUT2D eigenvalue weighted by atomic mass is 10.0. The van der Waals surface area contributed by atoms with Crippen LogP contribution in [0.5, 0.6) is 0 Å². The fourth-order valence-electron chi connectivity index (χ4n) is 6.07. The molecule has 15 nitrogen and oxygen atoms in total. The number of benzene rings is 4. The second-order valence-corrected chi connectivity index (χ2v) is 15.3. The van der Waals surface area contributed by atoms with E-state index in [2.05, 4.69) is 20.6 Å². The minimum absolute atomic E-state index is 0.200. The van der Waals surface area contributed by atoms with Crippen LogP contribution in [0.25, 0.3) is 44.0 Å². The van der Waals surface area contributed by atoms with Crippen LogP contribution in [0.1, 0.15) is 34.6 Å². The minimum atomic E-state index is -5.07. The van der Waals surface area contributed by atoms with Gasteiger partial charge in [-0.3, -0.25) is 23.2 Å². The zero-order valence-corrected chi connectivity index (χ0v) is 31.3. The number of aliphatic hydroxyl groups is 1. The van der Waals surface area contributed by atoms with Gasteiger partial charge in [-0.1, -0.05) is 84.9 Å². The van der Waals surface area contributed by atoms with Gasteiger partial charge in [-0.25, -0.2) is 19.1 Å². The summed E-state index contributed by atoms with van der Waals surface area (Å²) in [7, 11) is -10.1. The van der Waals surface area contributed by atoms with E-state index in [9.17, 15) is 38.5 Å². The molecule has 0 saturated carbocycles. The Bertz CT molecular complexity index is 2390. The fraction of sp³-hybridized carbons (Fsp3) is 0.211. The van der Waals surface area contributed by atoms with Gasteiger partial charge in [-0.2, -0.15) is 0 Å². The van der Waals surface area contributed by atoms with Crippen molar-refractivity contribution >= 4 is 60.2 Å². The summed E-state index contributed by atoms with van der Waals surface area (Å²) in [5.41, 5.74) is 3.33. The number of para-hydroxylation sites is 3. The first-order chi connectivity index (χ1) is 26.2. The molecule has 5 unspecified atom stereocenters. The molecule has 6 N–H and O–H groups in total. The molecule has 0 aliphatic rings. The van der Waals surface area contributed by atoms with Gasteiger partial charge in [-0.15, -0.1) is 0 Å². The van der Waals surface area contributed by atoms with Gasteiger partial charge in [0.25, 0.3) is 11.8 Å². The third-order valence-electron chi connectivity index (χ3n) is 8.83. The number of carbonyl (C=O) groups is 2. The zero-order chi connectivity index (χ0) is 39.3. The third kappa shape index (κ3) is 9.67. The first-order valence-corrected chi connectivity index (χ1v) is 20.1. The maximum absolute atomic E-state index is 13.9. The van der Waals surface area contributed by atoms with E-state index < -0.39 is 65.0 Å². The van der Waals surface area contributed by atoms with E-state index in [0.29, 0.717) is 38.4 Å². The van der Waals surface area contributed by atoms with Crippen molar-refractivity contribution in [1.29, 1.82) is 0 Å². The smallest absolute Gasteiger partial charge is 0.394 e. The van der Waals surface area contributed by atoms with Crippen molar-refractivity contribution in [2.75, 3.05) is 13.2 Å². The van der Waals surface area contributed by atoms with Gasteiger partial charge in [-0.05, 0) is 38.1 Å². The number of hydrogen-bond acceptors (Lipinski definition) is 10. The summed E-state index contributed by atoms with van der Waals surface area (Å²) in [5.74, 6) is -1.31. The molecule has 0 spiro atoms. The van der Waals surface area contributed by atoms with Crippen molar-refractivity contribution in [2.45, 2.75) is 38.1 Å². The molecule has 0 saturated heterocycles. The Morgan fingerprint density at radius 1 is 0.673 bits per heavy atom. The number of aliphatic hydroxyl groups excluding tert-OH is 1. The predicted octanol–water partition coefficient (Wildman–Crippen LogP) is 5.51. The van der Waals surface area contributed by atoms with Crippen LogP contribution in [0.3, 0.4) is 0 Å². The van der Waals surface area contributed by atoms with Gasteiger partial charge in [0.15, 0.2) is 0 Å². The number of rotatable bonds is 15. The van der Waals surface area contributed by atoms with Crippen LogP contribution in [-0.2, 0) is 22.7 Å². The molecule has 0 aliphatic carbocycles. The molecule has 0 radical (unpaired) electrons. The van der Waals surface area contributed by atoms with Gasteiger partial charge in [0, 0.05) is 21.7 Å². The highest BCUT2D eigenvalue weighted by Crippen LogP contribution is 2.47. The van der Waals surface area contributed by atoms with Crippen molar-refractivity contribution in [1.82, 2.24) is 20.6 Å².